The standard InChI is InChI=1S/C13H8BrClN2O3/c14-9-3-1-8(2-4-9)13(18)16-11-6-5-10(15)7-12(11)17(19)20/h1-7H,(H,16,18). The van der Waals surface area contributed by atoms with E-state index >= 15 is 0 Å². The molecule has 0 fully saturated rings. The number of halogens is 2. The number of hydrogen-bond donors (Lipinski definition) is 1. The quantitative estimate of drug-likeness (QED) is 0.660. The highest BCUT2D eigenvalue weighted by atomic mass is 79.9. The van der Waals surface area contributed by atoms with Gasteiger partial charge in [0.2, 0.25) is 0 Å². The Morgan fingerprint density at radius 2 is 1.85 bits per heavy atom. The molecule has 2 aromatic carbocycles. The molecule has 0 radical (unpaired) electrons. The Labute approximate surface area is 127 Å². The van der Waals surface area contributed by atoms with Crippen LogP contribution in [0, 0.1) is 10.1 Å². The van der Waals surface area contributed by atoms with E-state index in [9.17, 15) is 14.9 Å². The molecule has 2 aromatic rings. The predicted octanol–water partition coefficient (Wildman–Crippen LogP) is 4.26. The number of rotatable bonds is 3. The van der Waals surface area contributed by atoms with Crippen LogP contribution in [0.5, 0.6) is 0 Å². The Hall–Kier alpha value is -1.92. The maximum absolute atomic E-state index is 12.0. The molecule has 0 saturated carbocycles. The lowest BCUT2D eigenvalue weighted by Gasteiger charge is -2.06. The van der Waals surface area contributed by atoms with Crippen molar-refractivity contribution in [3.05, 3.63) is 67.6 Å². The molecule has 0 aliphatic rings. The van der Waals surface area contributed by atoms with E-state index in [0.29, 0.717) is 5.56 Å². The van der Waals surface area contributed by atoms with Gasteiger partial charge in [0.15, 0.2) is 0 Å². The van der Waals surface area contributed by atoms with Crippen molar-refractivity contribution in [1.82, 2.24) is 0 Å². The largest absolute Gasteiger partial charge is 0.316 e. The molecule has 0 heterocycles. The number of nitro groups is 1. The number of nitro benzene ring substituents is 1. The second-order valence-electron chi connectivity index (χ2n) is 3.88. The fourth-order valence-corrected chi connectivity index (χ4v) is 1.99. The number of nitrogens with one attached hydrogen (secondary N) is 1. The smallest absolute Gasteiger partial charge is 0.294 e. The summed E-state index contributed by atoms with van der Waals surface area (Å²) >= 11 is 8.97. The van der Waals surface area contributed by atoms with Crippen molar-refractivity contribution in [2.24, 2.45) is 0 Å². The molecule has 0 saturated heterocycles. The van der Waals surface area contributed by atoms with Gasteiger partial charge in [-0.25, -0.2) is 0 Å². The first kappa shape index (κ1) is 14.5. The molecular weight excluding hydrogens is 348 g/mol. The summed E-state index contributed by atoms with van der Waals surface area (Å²) in [6.07, 6.45) is 0. The minimum absolute atomic E-state index is 0.104. The van der Waals surface area contributed by atoms with Gasteiger partial charge in [-0.15, -0.1) is 0 Å². The Morgan fingerprint density at radius 3 is 2.45 bits per heavy atom. The fraction of sp³-hybridized carbons (Fsp3) is 0. The van der Waals surface area contributed by atoms with Crippen LogP contribution in [-0.4, -0.2) is 10.8 Å². The Bertz CT molecular complexity index is 674. The van der Waals surface area contributed by atoms with Crippen LogP contribution in [0.3, 0.4) is 0 Å². The average Bonchev–Trinajstić information content (AvgIpc) is 2.41. The maximum atomic E-state index is 12.0. The highest BCUT2D eigenvalue weighted by Crippen LogP contribution is 2.28. The molecule has 20 heavy (non-hydrogen) atoms. The second kappa shape index (κ2) is 6.02. The SMILES string of the molecule is O=C(Nc1ccc(Cl)cc1[N+](=O)[O-])c1ccc(Br)cc1. The van der Waals surface area contributed by atoms with E-state index < -0.39 is 10.8 Å². The first-order valence-electron chi connectivity index (χ1n) is 5.48. The van der Waals surface area contributed by atoms with Gasteiger partial charge in [0.1, 0.15) is 5.69 Å². The van der Waals surface area contributed by atoms with Crippen LogP contribution in [-0.2, 0) is 0 Å². The van der Waals surface area contributed by atoms with E-state index in [1.165, 1.54) is 18.2 Å². The lowest BCUT2D eigenvalue weighted by Crippen LogP contribution is -2.12. The number of nitrogens with zero attached hydrogens (tertiary/aromatic N) is 1. The molecule has 0 atom stereocenters. The lowest BCUT2D eigenvalue weighted by atomic mass is 10.2. The summed E-state index contributed by atoms with van der Waals surface area (Å²) in [4.78, 5) is 22.3. The second-order valence-corrected chi connectivity index (χ2v) is 5.23. The number of anilines is 1. The van der Waals surface area contributed by atoms with Crippen molar-refractivity contribution < 1.29 is 9.72 Å². The molecule has 1 N–H and O–H groups in total. The minimum atomic E-state index is -0.594. The Kier molecular flexibility index (Phi) is 4.36. The summed E-state index contributed by atoms with van der Waals surface area (Å²) < 4.78 is 0.839. The molecule has 1 amide bonds. The van der Waals surface area contributed by atoms with E-state index in [2.05, 4.69) is 21.2 Å². The third-order valence-corrected chi connectivity index (χ3v) is 3.27. The van der Waals surface area contributed by atoms with Gasteiger partial charge in [-0.05, 0) is 36.4 Å². The minimum Gasteiger partial charge on any atom is -0.316 e. The van der Waals surface area contributed by atoms with Crippen molar-refractivity contribution in [1.29, 1.82) is 0 Å². The van der Waals surface area contributed by atoms with Gasteiger partial charge in [-0.1, -0.05) is 27.5 Å². The monoisotopic (exact) mass is 354 g/mol. The van der Waals surface area contributed by atoms with Gasteiger partial charge in [0.05, 0.1) is 4.92 Å². The summed E-state index contributed by atoms with van der Waals surface area (Å²) in [5.41, 5.74) is 0.257. The van der Waals surface area contributed by atoms with Crippen molar-refractivity contribution in [2.75, 3.05) is 5.32 Å². The van der Waals surface area contributed by atoms with Crippen LogP contribution in [0.4, 0.5) is 11.4 Å². The highest BCUT2D eigenvalue weighted by Gasteiger charge is 2.17. The van der Waals surface area contributed by atoms with E-state index in [-0.39, 0.29) is 16.4 Å². The molecule has 0 bridgehead atoms. The van der Waals surface area contributed by atoms with Gasteiger partial charge < -0.3 is 5.32 Å². The molecule has 5 nitrogen and oxygen atoms in total. The van der Waals surface area contributed by atoms with Crippen LogP contribution in [0.15, 0.2) is 46.9 Å². The molecule has 0 aromatic heterocycles. The topological polar surface area (TPSA) is 72.2 Å². The first-order valence-corrected chi connectivity index (χ1v) is 6.65. The van der Waals surface area contributed by atoms with Crippen molar-refractivity contribution in [3.8, 4) is 0 Å². The zero-order chi connectivity index (χ0) is 14.7. The van der Waals surface area contributed by atoms with E-state index in [0.717, 1.165) is 4.47 Å². The van der Waals surface area contributed by atoms with E-state index in [4.69, 9.17) is 11.6 Å². The molecule has 0 unspecified atom stereocenters. The van der Waals surface area contributed by atoms with Crippen LogP contribution >= 0.6 is 27.5 Å². The number of carbonyl (C=O) groups is 1. The third kappa shape index (κ3) is 3.34. The summed E-state index contributed by atoms with van der Waals surface area (Å²) in [5, 5.41) is 13.7. The van der Waals surface area contributed by atoms with Gasteiger partial charge in [0, 0.05) is 21.1 Å². The normalized spacial score (nSPS) is 10.1. The predicted molar refractivity (Wildman–Crippen MR) is 80.2 cm³/mol. The zero-order valence-electron chi connectivity index (χ0n) is 9.97. The summed E-state index contributed by atoms with van der Waals surface area (Å²) in [6.45, 7) is 0. The molecule has 0 spiro atoms. The Morgan fingerprint density at radius 1 is 1.20 bits per heavy atom. The number of amides is 1. The Balaban J connectivity index is 2.28. The fourth-order valence-electron chi connectivity index (χ4n) is 1.56. The van der Waals surface area contributed by atoms with Gasteiger partial charge in [-0.2, -0.15) is 0 Å². The highest BCUT2D eigenvalue weighted by molar-refractivity contribution is 9.10. The number of carbonyl (C=O) groups excluding carboxylic acids is 1. The zero-order valence-corrected chi connectivity index (χ0v) is 12.3. The van der Waals surface area contributed by atoms with Crippen LogP contribution in [0.2, 0.25) is 5.02 Å². The van der Waals surface area contributed by atoms with Gasteiger partial charge in [0.25, 0.3) is 11.6 Å². The van der Waals surface area contributed by atoms with Crippen molar-refractivity contribution in [2.45, 2.75) is 0 Å². The summed E-state index contributed by atoms with van der Waals surface area (Å²) in [7, 11) is 0. The first-order chi connectivity index (χ1) is 9.47. The van der Waals surface area contributed by atoms with Crippen molar-refractivity contribution >= 4 is 44.8 Å². The molecule has 2 rings (SSSR count). The van der Waals surface area contributed by atoms with E-state index in [1.807, 2.05) is 0 Å². The molecule has 102 valence electrons. The van der Waals surface area contributed by atoms with Crippen LogP contribution < -0.4 is 5.32 Å². The molecule has 0 aliphatic carbocycles. The van der Waals surface area contributed by atoms with Gasteiger partial charge in [-0.3, -0.25) is 14.9 Å². The molecule has 0 aliphatic heterocycles. The van der Waals surface area contributed by atoms with Crippen molar-refractivity contribution in [3.63, 3.8) is 0 Å². The summed E-state index contributed by atoms with van der Waals surface area (Å²) in [5.74, 6) is -0.428. The van der Waals surface area contributed by atoms with Gasteiger partial charge >= 0.3 is 0 Å². The number of benzene rings is 2. The van der Waals surface area contributed by atoms with Crippen LogP contribution in [0.1, 0.15) is 10.4 Å². The van der Waals surface area contributed by atoms with E-state index in [1.54, 1.807) is 24.3 Å². The molecule has 7 heteroatoms. The lowest BCUT2D eigenvalue weighted by molar-refractivity contribution is -0.383. The molecular formula is C13H8BrClN2O3. The van der Waals surface area contributed by atoms with Crippen LogP contribution in [0.25, 0.3) is 0 Å². The average molecular weight is 356 g/mol. The maximum Gasteiger partial charge on any atom is 0.294 e. The summed E-state index contributed by atoms with van der Waals surface area (Å²) in [6, 6.07) is 10.7. The number of hydrogen-bond acceptors (Lipinski definition) is 3. The third-order valence-electron chi connectivity index (χ3n) is 2.51.